The van der Waals surface area contributed by atoms with Crippen LogP contribution >= 0.6 is 23.1 Å². The summed E-state index contributed by atoms with van der Waals surface area (Å²) in [5, 5.41) is 20.2. The first-order valence-corrected chi connectivity index (χ1v) is 12.0. The number of thioether (sulfide) groups is 1. The monoisotopic (exact) mass is 482 g/mol. The minimum Gasteiger partial charge on any atom is -0.504 e. The third-order valence-corrected chi connectivity index (χ3v) is 7.56. The fraction of sp³-hybridized carbons (Fsp3) is 0.208. The molecule has 0 saturated heterocycles. The van der Waals surface area contributed by atoms with Crippen LogP contribution in [0.25, 0.3) is 15.9 Å². The van der Waals surface area contributed by atoms with Crippen LogP contribution in [-0.2, 0) is 6.42 Å². The summed E-state index contributed by atoms with van der Waals surface area (Å²) in [5.41, 5.74) is 1.58. The number of aromatic nitrogens is 2. The summed E-state index contributed by atoms with van der Waals surface area (Å²) < 4.78 is 6.84. The number of carbonyl (C=O) groups is 1. The number of aryl methyl sites for hydroxylation is 2. The van der Waals surface area contributed by atoms with E-state index in [2.05, 4.69) is 0 Å². The number of Topliss-reactive ketones (excluding diaryl/α,β-unsaturated/α-hetero) is 1. The number of phenols is 2. The first-order chi connectivity index (χ1) is 15.8. The molecular formula is C24H22N2O5S2. The number of fused-ring (bicyclic) bond motifs is 1. The largest absolute Gasteiger partial charge is 0.504 e. The number of thiophene rings is 1. The predicted octanol–water partition coefficient (Wildman–Crippen LogP) is 4.71. The van der Waals surface area contributed by atoms with Crippen LogP contribution in [0.2, 0.25) is 0 Å². The molecule has 0 unspecified atom stereocenters. The second kappa shape index (κ2) is 9.29. The molecule has 4 rings (SSSR count). The van der Waals surface area contributed by atoms with Crippen molar-refractivity contribution in [3.63, 3.8) is 0 Å². The van der Waals surface area contributed by atoms with Gasteiger partial charge in [0.05, 0.1) is 23.9 Å². The maximum atomic E-state index is 13.6. The van der Waals surface area contributed by atoms with E-state index in [1.807, 2.05) is 13.8 Å². The number of rotatable bonds is 7. The smallest absolute Gasteiger partial charge is 0.267 e. The average Bonchev–Trinajstić information content (AvgIpc) is 3.14. The zero-order valence-corrected chi connectivity index (χ0v) is 19.9. The van der Waals surface area contributed by atoms with Gasteiger partial charge in [0.25, 0.3) is 5.56 Å². The van der Waals surface area contributed by atoms with Gasteiger partial charge in [-0.05, 0) is 49.2 Å². The number of methoxy groups -OCH3 is 1. The number of carbonyl (C=O) groups excluding carboxylic acids is 1. The summed E-state index contributed by atoms with van der Waals surface area (Å²) in [7, 11) is 1.56. The summed E-state index contributed by atoms with van der Waals surface area (Å²) in [6.07, 6.45) is 0.802. The standard InChI is InChI=1S/C24H22N2O5S2/c1-4-20-13(2)21-22(33-20)25-24(26(23(21)30)15-6-5-7-16(11-15)31-3)32-12-19(29)14-8-9-17(27)18(28)10-14/h5-11,27-28H,4,12H2,1-3H3. The normalized spacial score (nSPS) is 11.1. The van der Waals surface area contributed by atoms with Crippen molar-refractivity contribution in [3.05, 3.63) is 68.8 Å². The highest BCUT2D eigenvalue weighted by atomic mass is 32.2. The number of benzene rings is 2. The van der Waals surface area contributed by atoms with Crippen molar-refractivity contribution in [1.29, 1.82) is 0 Å². The van der Waals surface area contributed by atoms with E-state index < -0.39 is 0 Å². The molecule has 33 heavy (non-hydrogen) atoms. The van der Waals surface area contributed by atoms with Crippen LogP contribution in [0, 0.1) is 6.92 Å². The summed E-state index contributed by atoms with van der Waals surface area (Å²) in [6, 6.07) is 11.1. The van der Waals surface area contributed by atoms with Gasteiger partial charge in [-0.2, -0.15) is 0 Å². The van der Waals surface area contributed by atoms with Crippen molar-refractivity contribution in [1.82, 2.24) is 9.55 Å². The quantitative estimate of drug-likeness (QED) is 0.170. The zero-order chi connectivity index (χ0) is 23.7. The molecule has 2 aromatic heterocycles. The molecule has 170 valence electrons. The molecule has 4 aromatic rings. The number of phenolic OH excluding ortho intramolecular Hbond substituents is 2. The Kier molecular flexibility index (Phi) is 6.44. The molecule has 0 aliphatic heterocycles. The van der Waals surface area contributed by atoms with E-state index in [4.69, 9.17) is 9.72 Å². The van der Waals surface area contributed by atoms with Crippen molar-refractivity contribution < 1.29 is 19.7 Å². The third-order valence-electron chi connectivity index (χ3n) is 5.29. The molecule has 2 heterocycles. The summed E-state index contributed by atoms with van der Waals surface area (Å²) >= 11 is 2.63. The fourth-order valence-corrected chi connectivity index (χ4v) is 5.60. The first-order valence-electron chi connectivity index (χ1n) is 10.2. The Hall–Kier alpha value is -3.30. The molecule has 0 spiro atoms. The lowest BCUT2D eigenvalue weighted by atomic mass is 10.1. The minimum absolute atomic E-state index is 0.00285. The van der Waals surface area contributed by atoms with Gasteiger partial charge in [-0.15, -0.1) is 11.3 Å². The predicted molar refractivity (Wildman–Crippen MR) is 131 cm³/mol. The van der Waals surface area contributed by atoms with Gasteiger partial charge in [0, 0.05) is 16.5 Å². The lowest BCUT2D eigenvalue weighted by Gasteiger charge is -2.13. The summed E-state index contributed by atoms with van der Waals surface area (Å²) in [4.78, 5) is 32.9. The van der Waals surface area contributed by atoms with Gasteiger partial charge in [0.1, 0.15) is 10.6 Å². The molecule has 0 saturated carbocycles. The molecule has 0 radical (unpaired) electrons. The summed E-state index contributed by atoms with van der Waals surface area (Å²) in [5.74, 6) is -0.324. The highest BCUT2D eigenvalue weighted by Gasteiger charge is 2.20. The maximum Gasteiger partial charge on any atom is 0.267 e. The average molecular weight is 483 g/mol. The van der Waals surface area contributed by atoms with Crippen LogP contribution in [0.15, 0.2) is 52.4 Å². The highest BCUT2D eigenvalue weighted by Crippen LogP contribution is 2.32. The van der Waals surface area contributed by atoms with Gasteiger partial charge >= 0.3 is 0 Å². The SMILES string of the molecule is CCc1sc2nc(SCC(=O)c3ccc(O)c(O)c3)n(-c3cccc(OC)c3)c(=O)c2c1C. The van der Waals surface area contributed by atoms with E-state index in [-0.39, 0.29) is 34.2 Å². The third kappa shape index (κ3) is 4.34. The van der Waals surface area contributed by atoms with E-state index in [0.717, 1.165) is 28.6 Å². The van der Waals surface area contributed by atoms with Gasteiger partial charge in [-0.3, -0.25) is 14.2 Å². The van der Waals surface area contributed by atoms with E-state index in [1.54, 1.807) is 31.4 Å². The van der Waals surface area contributed by atoms with E-state index in [9.17, 15) is 19.8 Å². The Morgan fingerprint density at radius 3 is 2.67 bits per heavy atom. The minimum atomic E-state index is -0.361. The molecule has 0 amide bonds. The highest BCUT2D eigenvalue weighted by molar-refractivity contribution is 7.99. The maximum absolute atomic E-state index is 13.6. The Morgan fingerprint density at radius 2 is 1.97 bits per heavy atom. The van der Waals surface area contributed by atoms with Crippen LogP contribution in [0.5, 0.6) is 17.2 Å². The van der Waals surface area contributed by atoms with Crippen molar-refractivity contribution in [2.24, 2.45) is 0 Å². The van der Waals surface area contributed by atoms with Gasteiger partial charge in [-0.1, -0.05) is 24.8 Å². The fourth-order valence-electron chi connectivity index (χ4n) is 3.53. The Morgan fingerprint density at radius 1 is 1.18 bits per heavy atom. The Labute approximate surface area is 198 Å². The van der Waals surface area contributed by atoms with Crippen LogP contribution < -0.4 is 10.3 Å². The molecule has 0 bridgehead atoms. The molecule has 0 atom stereocenters. The van der Waals surface area contributed by atoms with Crippen molar-refractivity contribution in [2.75, 3.05) is 12.9 Å². The van der Waals surface area contributed by atoms with Gasteiger partial charge in [0.15, 0.2) is 22.4 Å². The number of nitrogens with zero attached hydrogens (tertiary/aromatic N) is 2. The molecule has 0 aliphatic rings. The van der Waals surface area contributed by atoms with Gasteiger partial charge < -0.3 is 14.9 Å². The molecule has 7 nitrogen and oxygen atoms in total. The van der Waals surface area contributed by atoms with Crippen molar-refractivity contribution in [3.8, 4) is 22.9 Å². The number of hydrogen-bond donors (Lipinski definition) is 2. The van der Waals surface area contributed by atoms with E-state index >= 15 is 0 Å². The number of aromatic hydroxyl groups is 2. The molecule has 0 fully saturated rings. The Bertz CT molecular complexity index is 1420. The molecule has 9 heteroatoms. The summed E-state index contributed by atoms with van der Waals surface area (Å²) in [6.45, 7) is 3.98. The first kappa shape index (κ1) is 22.9. The van der Waals surface area contributed by atoms with Crippen LogP contribution in [0.3, 0.4) is 0 Å². The number of hydrogen-bond acceptors (Lipinski definition) is 8. The molecule has 2 aromatic carbocycles. The lowest BCUT2D eigenvalue weighted by molar-refractivity contribution is 0.102. The Balaban J connectivity index is 1.81. The van der Waals surface area contributed by atoms with Crippen molar-refractivity contribution >= 4 is 39.1 Å². The molecule has 0 aliphatic carbocycles. The second-order valence-electron chi connectivity index (χ2n) is 7.34. The molecular weight excluding hydrogens is 460 g/mol. The van der Waals surface area contributed by atoms with Crippen LogP contribution in [-0.4, -0.2) is 38.4 Å². The van der Waals surface area contributed by atoms with E-state index in [1.165, 1.54) is 34.1 Å². The van der Waals surface area contributed by atoms with Crippen molar-refractivity contribution in [2.45, 2.75) is 25.4 Å². The number of ketones is 1. The van der Waals surface area contributed by atoms with E-state index in [0.29, 0.717) is 26.8 Å². The van der Waals surface area contributed by atoms with Crippen LogP contribution in [0.1, 0.15) is 27.7 Å². The lowest BCUT2D eigenvalue weighted by Crippen LogP contribution is -2.22. The number of ether oxygens (including phenoxy) is 1. The van der Waals surface area contributed by atoms with Crippen LogP contribution in [0.4, 0.5) is 0 Å². The topological polar surface area (TPSA) is 102 Å². The van der Waals surface area contributed by atoms with Gasteiger partial charge in [-0.25, -0.2) is 4.98 Å². The molecule has 2 N–H and O–H groups in total. The second-order valence-corrected chi connectivity index (χ2v) is 9.36. The van der Waals surface area contributed by atoms with Gasteiger partial charge in [0.2, 0.25) is 0 Å². The zero-order valence-electron chi connectivity index (χ0n) is 18.3.